The number of fused-ring (bicyclic) bond motifs is 2. The zero-order chi connectivity index (χ0) is 24.4. The summed E-state index contributed by atoms with van der Waals surface area (Å²) in [6, 6.07) is 13.1. The number of hydrogen-bond acceptors (Lipinski definition) is 4. The highest BCUT2D eigenvalue weighted by Crippen LogP contribution is 2.31. The number of imidazole rings is 1. The quantitative estimate of drug-likeness (QED) is 0.398. The molecule has 0 bridgehead atoms. The van der Waals surface area contributed by atoms with Crippen LogP contribution in [0.1, 0.15) is 44.9 Å². The zero-order valence-electron chi connectivity index (χ0n) is 19.8. The molecular formula is C26H29ClN6O2. The van der Waals surface area contributed by atoms with Gasteiger partial charge in [0.2, 0.25) is 5.91 Å². The second kappa shape index (κ2) is 10.1. The SMILES string of the molecule is CCCn1c(=O)n(CCC(=O)Nc2ccc(Cl)c(-c3nnc4n3CCCCC4)c2)c2ccccc21. The van der Waals surface area contributed by atoms with E-state index in [2.05, 4.69) is 20.1 Å². The molecule has 1 aliphatic heterocycles. The lowest BCUT2D eigenvalue weighted by molar-refractivity contribution is -0.116. The minimum absolute atomic E-state index is 0.0814. The predicted molar refractivity (Wildman–Crippen MR) is 138 cm³/mol. The summed E-state index contributed by atoms with van der Waals surface area (Å²) >= 11 is 6.52. The first-order valence-corrected chi connectivity index (χ1v) is 12.6. The average molecular weight is 493 g/mol. The second-order valence-electron chi connectivity index (χ2n) is 8.97. The molecule has 0 radical (unpaired) electrons. The average Bonchev–Trinajstić information content (AvgIpc) is 3.27. The molecule has 0 fully saturated rings. The van der Waals surface area contributed by atoms with Gasteiger partial charge in [-0.1, -0.05) is 37.1 Å². The van der Waals surface area contributed by atoms with Gasteiger partial charge in [-0.05, 0) is 49.6 Å². The van der Waals surface area contributed by atoms with Gasteiger partial charge in [-0.25, -0.2) is 4.79 Å². The fourth-order valence-electron chi connectivity index (χ4n) is 4.82. The van der Waals surface area contributed by atoms with Gasteiger partial charge >= 0.3 is 5.69 Å². The van der Waals surface area contributed by atoms with Crippen molar-refractivity contribution in [3.05, 3.63) is 63.8 Å². The smallest absolute Gasteiger partial charge is 0.326 e. The molecule has 8 nitrogen and oxygen atoms in total. The standard InChI is InChI=1S/C26H29ClN6O2/c1-2-14-31-21-8-5-6-9-22(21)32(26(31)35)16-13-24(34)28-18-11-12-20(27)19(17-18)25-30-29-23-10-4-3-7-15-33(23)25/h5-6,8-9,11-12,17H,2-4,7,10,13-16H2,1H3,(H,28,34). The lowest BCUT2D eigenvalue weighted by Gasteiger charge is -2.11. The van der Waals surface area contributed by atoms with Gasteiger partial charge in [0, 0.05) is 43.7 Å². The molecule has 4 aromatic rings. The van der Waals surface area contributed by atoms with E-state index < -0.39 is 0 Å². The van der Waals surface area contributed by atoms with E-state index in [1.807, 2.05) is 37.3 Å². The second-order valence-corrected chi connectivity index (χ2v) is 9.38. The Morgan fingerprint density at radius 1 is 1.03 bits per heavy atom. The van der Waals surface area contributed by atoms with E-state index in [1.165, 1.54) is 6.42 Å². The molecule has 1 amide bonds. The van der Waals surface area contributed by atoms with Crippen molar-refractivity contribution in [2.45, 2.75) is 65.1 Å². The largest absolute Gasteiger partial charge is 0.329 e. The molecule has 0 aliphatic carbocycles. The topological polar surface area (TPSA) is 86.7 Å². The van der Waals surface area contributed by atoms with Crippen LogP contribution in [-0.4, -0.2) is 29.8 Å². The van der Waals surface area contributed by atoms with Gasteiger partial charge in [-0.3, -0.25) is 13.9 Å². The van der Waals surface area contributed by atoms with Crippen LogP contribution in [0.2, 0.25) is 5.02 Å². The van der Waals surface area contributed by atoms with Gasteiger partial charge in [0.1, 0.15) is 5.82 Å². The van der Waals surface area contributed by atoms with Crippen molar-refractivity contribution in [3.8, 4) is 11.4 Å². The third-order valence-corrected chi connectivity index (χ3v) is 6.86. The van der Waals surface area contributed by atoms with Crippen LogP contribution in [-0.2, 0) is 30.8 Å². The highest BCUT2D eigenvalue weighted by Gasteiger charge is 2.19. The molecule has 0 unspecified atom stereocenters. The first-order valence-electron chi connectivity index (χ1n) is 12.3. The molecule has 182 valence electrons. The van der Waals surface area contributed by atoms with E-state index in [9.17, 15) is 9.59 Å². The van der Waals surface area contributed by atoms with E-state index in [0.717, 1.165) is 60.5 Å². The molecule has 1 aliphatic rings. The molecular weight excluding hydrogens is 464 g/mol. The first-order chi connectivity index (χ1) is 17.1. The third kappa shape index (κ3) is 4.62. The number of rotatable bonds is 7. The Labute approximate surface area is 208 Å². The minimum atomic E-state index is -0.169. The highest BCUT2D eigenvalue weighted by molar-refractivity contribution is 6.33. The van der Waals surface area contributed by atoms with Crippen LogP contribution in [0.5, 0.6) is 0 Å². The minimum Gasteiger partial charge on any atom is -0.326 e. The Balaban J connectivity index is 1.34. The van der Waals surface area contributed by atoms with Gasteiger partial charge in [-0.2, -0.15) is 0 Å². The van der Waals surface area contributed by atoms with Gasteiger partial charge in [0.25, 0.3) is 0 Å². The summed E-state index contributed by atoms with van der Waals surface area (Å²) in [6.07, 6.45) is 5.32. The molecule has 2 aromatic carbocycles. The predicted octanol–water partition coefficient (Wildman–Crippen LogP) is 4.88. The Bertz CT molecular complexity index is 1430. The van der Waals surface area contributed by atoms with E-state index in [-0.39, 0.29) is 18.0 Å². The maximum absolute atomic E-state index is 13.0. The van der Waals surface area contributed by atoms with Gasteiger partial charge in [0.15, 0.2) is 5.82 Å². The first kappa shape index (κ1) is 23.4. The maximum atomic E-state index is 13.0. The van der Waals surface area contributed by atoms with Gasteiger partial charge < -0.3 is 9.88 Å². The number of anilines is 1. The summed E-state index contributed by atoms with van der Waals surface area (Å²) < 4.78 is 5.60. The Morgan fingerprint density at radius 3 is 2.57 bits per heavy atom. The van der Waals surface area contributed by atoms with Crippen molar-refractivity contribution in [2.24, 2.45) is 0 Å². The number of hydrogen-bond donors (Lipinski definition) is 1. The van der Waals surface area contributed by atoms with Crippen molar-refractivity contribution in [1.29, 1.82) is 0 Å². The molecule has 0 atom stereocenters. The Kier molecular flexibility index (Phi) is 6.72. The van der Waals surface area contributed by atoms with Crippen LogP contribution in [0.3, 0.4) is 0 Å². The summed E-state index contributed by atoms with van der Waals surface area (Å²) in [5.41, 5.74) is 3.06. The molecule has 5 rings (SSSR count). The summed E-state index contributed by atoms with van der Waals surface area (Å²) in [6.45, 7) is 3.87. The Morgan fingerprint density at radius 2 is 1.80 bits per heavy atom. The molecule has 9 heteroatoms. The number of para-hydroxylation sites is 2. The Hall–Kier alpha value is -3.39. The van der Waals surface area contributed by atoms with E-state index in [0.29, 0.717) is 23.8 Å². The van der Waals surface area contributed by atoms with Crippen LogP contribution in [0.25, 0.3) is 22.4 Å². The lowest BCUT2D eigenvalue weighted by Crippen LogP contribution is -2.26. The molecule has 35 heavy (non-hydrogen) atoms. The maximum Gasteiger partial charge on any atom is 0.329 e. The molecule has 1 N–H and O–H groups in total. The normalized spacial score (nSPS) is 13.5. The number of benzene rings is 2. The van der Waals surface area contributed by atoms with Crippen molar-refractivity contribution in [2.75, 3.05) is 5.32 Å². The van der Waals surface area contributed by atoms with Gasteiger partial charge in [0.05, 0.1) is 16.1 Å². The molecule has 0 spiro atoms. The third-order valence-electron chi connectivity index (χ3n) is 6.54. The molecule has 0 saturated heterocycles. The number of amides is 1. The van der Waals surface area contributed by atoms with Crippen molar-refractivity contribution < 1.29 is 4.79 Å². The fourth-order valence-corrected chi connectivity index (χ4v) is 5.03. The summed E-state index contributed by atoms with van der Waals surface area (Å²) in [7, 11) is 0. The monoisotopic (exact) mass is 492 g/mol. The summed E-state index contributed by atoms with van der Waals surface area (Å²) in [4.78, 5) is 25.8. The van der Waals surface area contributed by atoms with Gasteiger partial charge in [-0.15, -0.1) is 10.2 Å². The number of aryl methyl sites for hydroxylation is 3. The van der Waals surface area contributed by atoms with Crippen LogP contribution in [0, 0.1) is 0 Å². The zero-order valence-corrected chi connectivity index (χ0v) is 20.6. The van der Waals surface area contributed by atoms with Crippen LogP contribution >= 0.6 is 11.6 Å². The van der Waals surface area contributed by atoms with Crippen molar-refractivity contribution >= 4 is 34.2 Å². The van der Waals surface area contributed by atoms with Crippen molar-refractivity contribution in [1.82, 2.24) is 23.9 Å². The van der Waals surface area contributed by atoms with E-state index >= 15 is 0 Å². The number of carbonyl (C=O) groups is 1. The highest BCUT2D eigenvalue weighted by atomic mass is 35.5. The number of halogens is 1. The number of nitrogens with one attached hydrogen (secondary N) is 1. The lowest BCUT2D eigenvalue weighted by atomic mass is 10.1. The van der Waals surface area contributed by atoms with Crippen LogP contribution in [0.15, 0.2) is 47.3 Å². The number of nitrogens with zero attached hydrogens (tertiary/aromatic N) is 5. The van der Waals surface area contributed by atoms with Crippen LogP contribution < -0.4 is 11.0 Å². The number of aromatic nitrogens is 5. The summed E-state index contributed by atoms with van der Waals surface area (Å²) in [5.74, 6) is 1.55. The molecule has 3 heterocycles. The fraction of sp³-hybridized carbons (Fsp3) is 0.385. The van der Waals surface area contributed by atoms with E-state index in [1.54, 1.807) is 21.3 Å². The van der Waals surface area contributed by atoms with Crippen molar-refractivity contribution in [3.63, 3.8) is 0 Å². The summed E-state index contributed by atoms with van der Waals surface area (Å²) in [5, 5.41) is 12.3. The van der Waals surface area contributed by atoms with Crippen LogP contribution in [0.4, 0.5) is 5.69 Å². The molecule has 2 aromatic heterocycles. The number of carbonyl (C=O) groups excluding carboxylic acids is 1. The van der Waals surface area contributed by atoms with E-state index in [4.69, 9.17) is 11.6 Å². The molecule has 0 saturated carbocycles.